The van der Waals surface area contributed by atoms with Gasteiger partial charge in [-0.05, 0) is 51.1 Å². The third-order valence-electron chi connectivity index (χ3n) is 5.56. The fourth-order valence-corrected chi connectivity index (χ4v) is 3.74. The number of anilines is 2. The molecule has 1 amide bonds. The number of aromatic nitrogens is 3. The van der Waals surface area contributed by atoms with Gasteiger partial charge in [0, 0.05) is 31.4 Å². The summed E-state index contributed by atoms with van der Waals surface area (Å²) in [5.74, 6) is -1.15. The molecule has 4 rings (SSSR count). The number of hydrogen-bond donors (Lipinski definition) is 2. The first-order valence-electron chi connectivity index (χ1n) is 10.0. The smallest absolute Gasteiger partial charge is 0.253 e. The van der Waals surface area contributed by atoms with E-state index in [9.17, 15) is 13.6 Å². The Hall–Kier alpha value is -3.07. The molecule has 1 saturated heterocycles. The Kier molecular flexibility index (Phi) is 5.63. The summed E-state index contributed by atoms with van der Waals surface area (Å²) < 4.78 is 31.3. The molecule has 3 aromatic rings. The van der Waals surface area contributed by atoms with Crippen LogP contribution in [-0.4, -0.2) is 52.0 Å². The van der Waals surface area contributed by atoms with Crippen LogP contribution in [0.15, 0.2) is 30.7 Å². The molecule has 1 aliphatic heterocycles. The maximum atomic E-state index is 14.8. The Morgan fingerprint density at radius 2 is 2.03 bits per heavy atom. The van der Waals surface area contributed by atoms with Crippen LogP contribution in [0.3, 0.4) is 0 Å². The standard InChI is InChI=1S/C21H24F2N6O/c1-3-28(2)21(30)13-4-5-17(15(22)10-13)27-19-18-16(23)11-29(20(18)26-12-25-19)14-6-8-24-9-7-14/h4-5,10-12,14,24H,3,6-9H2,1-2H3,(H,25,26,27). The van der Waals surface area contributed by atoms with Crippen molar-refractivity contribution in [1.82, 2.24) is 24.8 Å². The minimum atomic E-state index is -0.615. The van der Waals surface area contributed by atoms with E-state index in [1.54, 1.807) is 7.05 Å². The summed E-state index contributed by atoms with van der Waals surface area (Å²) in [7, 11) is 1.65. The number of nitrogens with zero attached hydrogens (tertiary/aromatic N) is 4. The second-order valence-corrected chi connectivity index (χ2v) is 7.43. The van der Waals surface area contributed by atoms with E-state index in [0.29, 0.717) is 12.2 Å². The van der Waals surface area contributed by atoms with E-state index in [2.05, 4.69) is 20.6 Å². The largest absolute Gasteiger partial charge is 0.342 e. The Bertz CT molecular complexity index is 1080. The topological polar surface area (TPSA) is 75.1 Å². The molecular weight excluding hydrogens is 390 g/mol. The van der Waals surface area contributed by atoms with Crippen LogP contribution < -0.4 is 10.6 Å². The molecule has 2 N–H and O–H groups in total. The van der Waals surface area contributed by atoms with Crippen LogP contribution >= 0.6 is 0 Å². The number of halogens is 2. The number of amides is 1. The molecule has 0 spiro atoms. The molecule has 7 nitrogen and oxygen atoms in total. The van der Waals surface area contributed by atoms with Crippen molar-refractivity contribution < 1.29 is 13.6 Å². The van der Waals surface area contributed by atoms with E-state index in [0.717, 1.165) is 25.9 Å². The molecule has 1 fully saturated rings. The van der Waals surface area contributed by atoms with E-state index < -0.39 is 11.6 Å². The number of hydrogen-bond acceptors (Lipinski definition) is 5. The lowest BCUT2D eigenvalue weighted by Gasteiger charge is -2.24. The number of piperidine rings is 1. The van der Waals surface area contributed by atoms with Crippen molar-refractivity contribution in [2.45, 2.75) is 25.8 Å². The first-order chi connectivity index (χ1) is 14.5. The number of rotatable bonds is 5. The van der Waals surface area contributed by atoms with Gasteiger partial charge in [0.05, 0.1) is 11.1 Å². The Morgan fingerprint density at radius 1 is 1.27 bits per heavy atom. The third-order valence-corrected chi connectivity index (χ3v) is 5.56. The monoisotopic (exact) mass is 414 g/mol. The first-order valence-corrected chi connectivity index (χ1v) is 10.0. The summed E-state index contributed by atoms with van der Waals surface area (Å²) in [6, 6.07) is 4.32. The molecule has 3 heterocycles. The van der Waals surface area contributed by atoms with Crippen LogP contribution in [0.2, 0.25) is 0 Å². The Balaban J connectivity index is 1.66. The summed E-state index contributed by atoms with van der Waals surface area (Å²) in [4.78, 5) is 22.1. The Morgan fingerprint density at radius 3 is 2.73 bits per heavy atom. The Labute approximate surface area is 173 Å². The second-order valence-electron chi connectivity index (χ2n) is 7.43. The lowest BCUT2D eigenvalue weighted by atomic mass is 10.1. The van der Waals surface area contributed by atoms with E-state index in [1.165, 1.54) is 35.6 Å². The molecule has 0 saturated carbocycles. The number of carbonyl (C=O) groups is 1. The molecule has 9 heteroatoms. The second kappa shape index (κ2) is 8.35. The highest BCUT2D eigenvalue weighted by Gasteiger charge is 2.22. The summed E-state index contributed by atoms with van der Waals surface area (Å²) in [6.45, 7) is 4.10. The number of fused-ring (bicyclic) bond motifs is 1. The van der Waals surface area contributed by atoms with Crippen LogP contribution in [0.25, 0.3) is 11.0 Å². The highest BCUT2D eigenvalue weighted by molar-refractivity contribution is 5.95. The van der Waals surface area contributed by atoms with Crippen molar-refractivity contribution in [3.63, 3.8) is 0 Å². The molecule has 0 atom stereocenters. The van der Waals surface area contributed by atoms with E-state index >= 15 is 0 Å². The van der Waals surface area contributed by atoms with Gasteiger partial charge in [0.25, 0.3) is 5.91 Å². The van der Waals surface area contributed by atoms with Crippen molar-refractivity contribution in [3.05, 3.63) is 47.9 Å². The van der Waals surface area contributed by atoms with Gasteiger partial charge in [-0.2, -0.15) is 0 Å². The zero-order chi connectivity index (χ0) is 21.3. The minimum absolute atomic E-state index is 0.111. The van der Waals surface area contributed by atoms with E-state index in [4.69, 9.17) is 0 Å². The van der Waals surface area contributed by atoms with Gasteiger partial charge in [-0.15, -0.1) is 0 Å². The van der Waals surface area contributed by atoms with Crippen LogP contribution in [0.1, 0.15) is 36.2 Å². The van der Waals surface area contributed by atoms with Gasteiger partial charge in [-0.25, -0.2) is 18.7 Å². The highest BCUT2D eigenvalue weighted by atomic mass is 19.1. The summed E-state index contributed by atoms with van der Waals surface area (Å²) in [5.41, 5.74) is 0.840. The summed E-state index contributed by atoms with van der Waals surface area (Å²) in [5, 5.41) is 6.38. The molecule has 0 bridgehead atoms. The molecule has 0 aliphatic carbocycles. The molecule has 0 unspecified atom stereocenters. The predicted molar refractivity (Wildman–Crippen MR) is 111 cm³/mol. The van der Waals surface area contributed by atoms with Crippen molar-refractivity contribution >= 4 is 28.4 Å². The quantitative estimate of drug-likeness (QED) is 0.669. The molecule has 158 valence electrons. The zero-order valence-electron chi connectivity index (χ0n) is 17.0. The summed E-state index contributed by atoms with van der Waals surface area (Å²) in [6.07, 6.45) is 4.55. The van der Waals surface area contributed by atoms with Gasteiger partial charge in [-0.1, -0.05) is 0 Å². The average Bonchev–Trinajstić information content (AvgIpc) is 3.12. The number of nitrogens with one attached hydrogen (secondary N) is 2. The van der Waals surface area contributed by atoms with Crippen molar-refractivity contribution in [1.29, 1.82) is 0 Å². The van der Waals surface area contributed by atoms with Gasteiger partial charge in [0.2, 0.25) is 0 Å². The van der Waals surface area contributed by atoms with Gasteiger partial charge in [-0.3, -0.25) is 4.79 Å². The highest BCUT2D eigenvalue weighted by Crippen LogP contribution is 2.32. The van der Waals surface area contributed by atoms with Gasteiger partial charge < -0.3 is 20.1 Å². The normalized spacial score (nSPS) is 14.8. The average molecular weight is 414 g/mol. The lowest BCUT2D eigenvalue weighted by Crippen LogP contribution is -2.29. The zero-order valence-corrected chi connectivity index (χ0v) is 17.0. The lowest BCUT2D eigenvalue weighted by molar-refractivity contribution is 0.0802. The van der Waals surface area contributed by atoms with E-state index in [1.807, 2.05) is 11.5 Å². The number of benzene rings is 1. The van der Waals surface area contributed by atoms with Crippen LogP contribution in [0.4, 0.5) is 20.3 Å². The van der Waals surface area contributed by atoms with E-state index in [-0.39, 0.29) is 34.4 Å². The minimum Gasteiger partial charge on any atom is -0.342 e. The van der Waals surface area contributed by atoms with Crippen molar-refractivity contribution in [2.24, 2.45) is 0 Å². The molecule has 0 radical (unpaired) electrons. The van der Waals surface area contributed by atoms with Crippen molar-refractivity contribution in [2.75, 3.05) is 32.0 Å². The molecule has 2 aromatic heterocycles. The maximum Gasteiger partial charge on any atom is 0.253 e. The van der Waals surface area contributed by atoms with Crippen LogP contribution in [0, 0.1) is 11.6 Å². The van der Waals surface area contributed by atoms with Gasteiger partial charge >= 0.3 is 0 Å². The van der Waals surface area contributed by atoms with Gasteiger partial charge in [0.1, 0.15) is 23.6 Å². The summed E-state index contributed by atoms with van der Waals surface area (Å²) >= 11 is 0. The fourth-order valence-electron chi connectivity index (χ4n) is 3.74. The van der Waals surface area contributed by atoms with Crippen molar-refractivity contribution in [3.8, 4) is 0 Å². The molecule has 1 aromatic carbocycles. The first kappa shape index (κ1) is 20.2. The van der Waals surface area contributed by atoms with Gasteiger partial charge in [0.15, 0.2) is 5.82 Å². The third kappa shape index (κ3) is 3.72. The maximum absolute atomic E-state index is 14.8. The predicted octanol–water partition coefficient (Wildman–Crippen LogP) is 3.47. The number of carbonyl (C=O) groups excluding carboxylic acids is 1. The van der Waals surface area contributed by atoms with Crippen LogP contribution in [-0.2, 0) is 0 Å². The molecule has 1 aliphatic rings. The fraction of sp³-hybridized carbons (Fsp3) is 0.381. The molecule has 30 heavy (non-hydrogen) atoms. The SMILES string of the molecule is CCN(C)C(=O)c1ccc(Nc2ncnc3c2c(F)cn3C2CCNCC2)c(F)c1. The van der Waals surface area contributed by atoms with Crippen LogP contribution in [0.5, 0.6) is 0 Å². The molecular formula is C21H24F2N6O.